The molecular formula is C22H33NO3. The maximum absolute atomic E-state index is 12.7. The van der Waals surface area contributed by atoms with Gasteiger partial charge in [0.1, 0.15) is 5.78 Å². The number of hydrogen-bond donors (Lipinski definition) is 0. The third kappa shape index (κ3) is 4.06. The molecule has 0 bridgehead atoms. The summed E-state index contributed by atoms with van der Waals surface area (Å²) in [7, 11) is 0. The first-order chi connectivity index (χ1) is 12.5. The Morgan fingerprint density at radius 1 is 1.19 bits per heavy atom. The van der Waals surface area contributed by atoms with E-state index in [1.807, 2.05) is 6.92 Å². The molecule has 0 N–H and O–H groups in total. The van der Waals surface area contributed by atoms with Crippen molar-refractivity contribution < 1.29 is 14.3 Å². The monoisotopic (exact) mass is 359 g/mol. The Bertz CT molecular complexity index is 641. The van der Waals surface area contributed by atoms with Crippen LogP contribution in [0.5, 0.6) is 11.5 Å². The molecule has 4 heteroatoms. The third-order valence-corrected chi connectivity index (χ3v) is 5.50. The Kier molecular flexibility index (Phi) is 6.23. The van der Waals surface area contributed by atoms with Gasteiger partial charge in [0, 0.05) is 31.5 Å². The SMILES string of the molecule is CCCOc1cc2c(cc1OCC)CCN1CC(CC(C)C)C(=O)CC21. The number of ether oxygens (including phenoxy) is 2. The second kappa shape index (κ2) is 8.43. The van der Waals surface area contributed by atoms with Gasteiger partial charge in [0.2, 0.25) is 0 Å². The summed E-state index contributed by atoms with van der Waals surface area (Å²) in [5, 5.41) is 0. The van der Waals surface area contributed by atoms with E-state index in [1.165, 1.54) is 11.1 Å². The first-order valence-electron chi connectivity index (χ1n) is 10.2. The van der Waals surface area contributed by atoms with Crippen LogP contribution < -0.4 is 9.47 Å². The van der Waals surface area contributed by atoms with Crippen LogP contribution in [0.3, 0.4) is 0 Å². The van der Waals surface area contributed by atoms with Crippen LogP contribution in [0.4, 0.5) is 0 Å². The fourth-order valence-electron chi connectivity index (χ4n) is 4.33. The van der Waals surface area contributed by atoms with Crippen molar-refractivity contribution >= 4 is 5.78 Å². The largest absolute Gasteiger partial charge is 0.490 e. The minimum absolute atomic E-state index is 0.200. The van der Waals surface area contributed by atoms with Gasteiger partial charge in [-0.1, -0.05) is 20.8 Å². The van der Waals surface area contributed by atoms with E-state index >= 15 is 0 Å². The smallest absolute Gasteiger partial charge is 0.161 e. The van der Waals surface area contributed by atoms with Crippen molar-refractivity contribution in [1.82, 2.24) is 4.90 Å². The Morgan fingerprint density at radius 3 is 2.65 bits per heavy atom. The van der Waals surface area contributed by atoms with Gasteiger partial charge in [-0.3, -0.25) is 9.69 Å². The van der Waals surface area contributed by atoms with E-state index in [1.54, 1.807) is 0 Å². The van der Waals surface area contributed by atoms with Gasteiger partial charge in [-0.25, -0.2) is 0 Å². The van der Waals surface area contributed by atoms with Crippen LogP contribution >= 0.6 is 0 Å². The van der Waals surface area contributed by atoms with Crippen molar-refractivity contribution in [1.29, 1.82) is 0 Å². The second-order valence-corrected chi connectivity index (χ2v) is 8.04. The van der Waals surface area contributed by atoms with Crippen LogP contribution in [0.15, 0.2) is 12.1 Å². The van der Waals surface area contributed by atoms with Crippen LogP contribution in [0, 0.1) is 11.8 Å². The van der Waals surface area contributed by atoms with E-state index in [4.69, 9.17) is 9.47 Å². The molecule has 0 aromatic heterocycles. The zero-order valence-corrected chi connectivity index (χ0v) is 16.7. The molecule has 1 aromatic carbocycles. The van der Waals surface area contributed by atoms with E-state index in [-0.39, 0.29) is 12.0 Å². The summed E-state index contributed by atoms with van der Waals surface area (Å²) in [6.07, 6.45) is 3.62. The number of benzene rings is 1. The van der Waals surface area contributed by atoms with Gasteiger partial charge in [-0.15, -0.1) is 0 Å². The molecule has 0 amide bonds. The summed E-state index contributed by atoms with van der Waals surface area (Å²) in [6.45, 7) is 11.8. The Hall–Kier alpha value is -1.55. The highest BCUT2D eigenvalue weighted by Gasteiger charge is 2.38. The molecule has 0 spiro atoms. The van der Waals surface area contributed by atoms with E-state index in [0.717, 1.165) is 43.9 Å². The maximum Gasteiger partial charge on any atom is 0.161 e. The molecule has 0 radical (unpaired) electrons. The molecule has 1 fully saturated rings. The zero-order chi connectivity index (χ0) is 18.7. The minimum Gasteiger partial charge on any atom is -0.490 e. The van der Waals surface area contributed by atoms with Gasteiger partial charge < -0.3 is 9.47 Å². The summed E-state index contributed by atoms with van der Waals surface area (Å²) in [6, 6.07) is 4.49. The lowest BCUT2D eigenvalue weighted by atomic mass is 9.80. The highest BCUT2D eigenvalue weighted by molar-refractivity contribution is 5.83. The van der Waals surface area contributed by atoms with Gasteiger partial charge in [0.15, 0.2) is 11.5 Å². The van der Waals surface area contributed by atoms with Crippen LogP contribution in [0.1, 0.15) is 64.1 Å². The predicted molar refractivity (Wildman–Crippen MR) is 104 cm³/mol. The van der Waals surface area contributed by atoms with Crippen molar-refractivity contribution in [2.24, 2.45) is 11.8 Å². The Labute approximate surface area is 157 Å². The number of carbonyl (C=O) groups excluding carboxylic acids is 1. The number of piperidine rings is 1. The van der Waals surface area contributed by atoms with Crippen LogP contribution in [0.25, 0.3) is 0 Å². The molecule has 1 saturated heterocycles. The number of Topliss-reactive ketones (excluding diaryl/α,β-unsaturated/α-hetero) is 1. The number of ketones is 1. The maximum atomic E-state index is 12.7. The molecule has 4 nitrogen and oxygen atoms in total. The van der Waals surface area contributed by atoms with Crippen LogP contribution in [0.2, 0.25) is 0 Å². The van der Waals surface area contributed by atoms with Crippen molar-refractivity contribution in [3.63, 3.8) is 0 Å². The van der Waals surface area contributed by atoms with Crippen LogP contribution in [-0.2, 0) is 11.2 Å². The van der Waals surface area contributed by atoms with Gasteiger partial charge in [0.25, 0.3) is 0 Å². The lowest BCUT2D eigenvalue weighted by molar-refractivity contribution is -0.129. The Morgan fingerprint density at radius 2 is 1.96 bits per heavy atom. The number of hydrogen-bond acceptors (Lipinski definition) is 4. The van der Waals surface area contributed by atoms with Gasteiger partial charge in [-0.2, -0.15) is 0 Å². The van der Waals surface area contributed by atoms with Gasteiger partial charge in [-0.05, 0) is 55.4 Å². The number of carbonyl (C=O) groups is 1. The number of rotatable bonds is 7. The van der Waals surface area contributed by atoms with Crippen molar-refractivity contribution in [3.8, 4) is 11.5 Å². The molecule has 2 heterocycles. The molecule has 3 rings (SSSR count). The molecule has 144 valence electrons. The zero-order valence-electron chi connectivity index (χ0n) is 16.7. The minimum atomic E-state index is 0.200. The summed E-state index contributed by atoms with van der Waals surface area (Å²) in [5.41, 5.74) is 2.58. The van der Waals surface area contributed by atoms with Crippen molar-refractivity contribution in [2.45, 2.75) is 59.4 Å². The molecule has 2 atom stereocenters. The molecule has 2 aliphatic rings. The summed E-state index contributed by atoms with van der Waals surface area (Å²) in [4.78, 5) is 15.3. The standard InChI is InChI=1S/C22H33NO3/c1-5-9-26-22-12-18-16(11-21(22)25-6-2)7-8-23-14-17(10-15(3)4)20(24)13-19(18)23/h11-12,15,17,19H,5-10,13-14H2,1-4H3. The molecule has 1 aromatic rings. The highest BCUT2D eigenvalue weighted by Crippen LogP contribution is 2.42. The fraction of sp³-hybridized carbons (Fsp3) is 0.682. The predicted octanol–water partition coefficient (Wildman–Crippen LogP) is 4.41. The van der Waals surface area contributed by atoms with Crippen molar-refractivity contribution in [2.75, 3.05) is 26.3 Å². The number of nitrogens with zero attached hydrogens (tertiary/aromatic N) is 1. The van der Waals surface area contributed by atoms with Crippen molar-refractivity contribution in [3.05, 3.63) is 23.3 Å². The van der Waals surface area contributed by atoms with Crippen LogP contribution in [-0.4, -0.2) is 37.0 Å². The average Bonchev–Trinajstić information content (AvgIpc) is 2.60. The lowest BCUT2D eigenvalue weighted by Crippen LogP contribution is -2.46. The highest BCUT2D eigenvalue weighted by atomic mass is 16.5. The number of fused-ring (bicyclic) bond motifs is 3. The Balaban J connectivity index is 1.87. The fourth-order valence-corrected chi connectivity index (χ4v) is 4.33. The second-order valence-electron chi connectivity index (χ2n) is 8.04. The van der Waals surface area contributed by atoms with E-state index in [0.29, 0.717) is 31.3 Å². The first kappa shape index (κ1) is 19.2. The average molecular weight is 360 g/mol. The first-order valence-corrected chi connectivity index (χ1v) is 10.2. The van der Waals surface area contributed by atoms with E-state index in [2.05, 4.69) is 37.8 Å². The quantitative estimate of drug-likeness (QED) is 0.723. The molecule has 2 unspecified atom stereocenters. The molecule has 0 aliphatic carbocycles. The molecule has 0 saturated carbocycles. The van der Waals surface area contributed by atoms with E-state index < -0.39 is 0 Å². The lowest BCUT2D eigenvalue weighted by Gasteiger charge is -2.43. The molecule has 26 heavy (non-hydrogen) atoms. The molecule has 2 aliphatic heterocycles. The summed E-state index contributed by atoms with van der Waals surface area (Å²) in [5.74, 6) is 2.86. The normalized spacial score (nSPS) is 22.9. The van der Waals surface area contributed by atoms with Gasteiger partial charge >= 0.3 is 0 Å². The molecular weight excluding hydrogens is 326 g/mol. The van der Waals surface area contributed by atoms with Gasteiger partial charge in [0.05, 0.1) is 13.2 Å². The topological polar surface area (TPSA) is 38.8 Å². The summed E-state index contributed by atoms with van der Waals surface area (Å²) < 4.78 is 11.8. The summed E-state index contributed by atoms with van der Waals surface area (Å²) >= 11 is 0. The van der Waals surface area contributed by atoms with E-state index in [9.17, 15) is 4.79 Å². The third-order valence-electron chi connectivity index (χ3n) is 5.50.